The Morgan fingerprint density at radius 2 is 2.00 bits per heavy atom. The predicted octanol–water partition coefficient (Wildman–Crippen LogP) is 3.31. The average molecular weight is 363 g/mol. The molecular weight excluding hydrogens is 338 g/mol. The first kappa shape index (κ1) is 17.6. The molecule has 0 unspecified atom stereocenters. The Hall–Kier alpha value is -2.76. The van der Waals surface area contributed by atoms with Gasteiger partial charge in [-0.25, -0.2) is 0 Å². The fourth-order valence-electron chi connectivity index (χ4n) is 4.19. The number of rotatable bonds is 2. The summed E-state index contributed by atoms with van der Waals surface area (Å²) in [6.07, 6.45) is 3.73. The molecular formula is C21H25N5O. The first-order valence-electron chi connectivity index (χ1n) is 9.46. The number of piperidine rings is 1. The molecule has 27 heavy (non-hydrogen) atoms. The average Bonchev–Trinajstić information content (AvgIpc) is 3.07. The van der Waals surface area contributed by atoms with Gasteiger partial charge in [0.2, 0.25) is 0 Å². The molecule has 0 saturated carbocycles. The lowest BCUT2D eigenvalue weighted by molar-refractivity contribution is 0.0705. The predicted molar refractivity (Wildman–Crippen MR) is 105 cm³/mol. The molecule has 140 valence electrons. The first-order valence-corrected chi connectivity index (χ1v) is 9.46. The number of benzene rings is 1. The Balaban J connectivity index is 1.71. The second kappa shape index (κ2) is 6.76. The minimum Gasteiger partial charge on any atom is -0.338 e. The van der Waals surface area contributed by atoms with Gasteiger partial charge in [0, 0.05) is 37.1 Å². The molecule has 6 nitrogen and oxygen atoms in total. The van der Waals surface area contributed by atoms with Crippen molar-refractivity contribution in [2.24, 2.45) is 7.05 Å². The van der Waals surface area contributed by atoms with Gasteiger partial charge in [-0.2, -0.15) is 0 Å². The van der Waals surface area contributed by atoms with Crippen LogP contribution in [0.4, 0.5) is 0 Å². The highest BCUT2D eigenvalue weighted by molar-refractivity contribution is 6.07. The summed E-state index contributed by atoms with van der Waals surface area (Å²) in [5.41, 5.74) is 4.81. The van der Waals surface area contributed by atoms with E-state index >= 15 is 0 Å². The number of aromatic nitrogens is 4. The van der Waals surface area contributed by atoms with Crippen LogP contribution in [0.25, 0.3) is 10.9 Å². The molecule has 1 atom stereocenters. The van der Waals surface area contributed by atoms with Crippen LogP contribution in [0.15, 0.2) is 24.5 Å². The molecule has 0 N–H and O–H groups in total. The molecule has 1 fully saturated rings. The summed E-state index contributed by atoms with van der Waals surface area (Å²) in [7, 11) is 1.96. The van der Waals surface area contributed by atoms with Crippen LogP contribution in [0.5, 0.6) is 0 Å². The van der Waals surface area contributed by atoms with Crippen molar-refractivity contribution in [2.45, 2.75) is 39.5 Å². The van der Waals surface area contributed by atoms with Crippen LogP contribution >= 0.6 is 0 Å². The molecule has 1 aliphatic heterocycles. The molecule has 2 aromatic heterocycles. The van der Waals surface area contributed by atoms with Crippen molar-refractivity contribution in [3.63, 3.8) is 0 Å². The summed E-state index contributed by atoms with van der Waals surface area (Å²) in [5, 5.41) is 9.20. The topological polar surface area (TPSA) is 63.9 Å². The van der Waals surface area contributed by atoms with Crippen molar-refractivity contribution in [3.8, 4) is 0 Å². The Kier molecular flexibility index (Phi) is 4.42. The third-order valence-corrected chi connectivity index (χ3v) is 5.43. The molecule has 0 spiro atoms. The van der Waals surface area contributed by atoms with Crippen molar-refractivity contribution in [3.05, 3.63) is 52.7 Å². The monoisotopic (exact) mass is 363 g/mol. The quantitative estimate of drug-likeness (QED) is 0.701. The molecule has 1 amide bonds. The van der Waals surface area contributed by atoms with Crippen LogP contribution in [-0.4, -0.2) is 43.6 Å². The van der Waals surface area contributed by atoms with E-state index in [0.29, 0.717) is 6.54 Å². The number of hydrogen-bond acceptors (Lipinski definition) is 4. The van der Waals surface area contributed by atoms with E-state index in [-0.39, 0.29) is 11.8 Å². The summed E-state index contributed by atoms with van der Waals surface area (Å²) in [5.74, 6) is 1.27. The minimum atomic E-state index is 0.0855. The van der Waals surface area contributed by atoms with Gasteiger partial charge in [0.15, 0.2) is 0 Å². The number of pyridine rings is 1. The molecule has 1 saturated heterocycles. The Morgan fingerprint density at radius 3 is 2.74 bits per heavy atom. The number of carbonyl (C=O) groups is 1. The zero-order valence-electron chi connectivity index (χ0n) is 16.4. The second-order valence-corrected chi connectivity index (χ2v) is 7.68. The number of likely N-dealkylation sites (tertiary alicyclic amines) is 1. The van der Waals surface area contributed by atoms with E-state index in [4.69, 9.17) is 0 Å². The normalized spacial score (nSPS) is 17.5. The Labute approximate surface area is 159 Å². The van der Waals surface area contributed by atoms with Crippen LogP contribution in [-0.2, 0) is 7.05 Å². The maximum Gasteiger partial charge on any atom is 0.254 e. The smallest absolute Gasteiger partial charge is 0.254 e. The minimum absolute atomic E-state index is 0.0855. The van der Waals surface area contributed by atoms with E-state index in [1.807, 2.05) is 29.5 Å². The van der Waals surface area contributed by atoms with E-state index in [2.05, 4.69) is 41.2 Å². The molecule has 0 aliphatic carbocycles. The number of hydrogen-bond donors (Lipinski definition) is 0. The summed E-state index contributed by atoms with van der Waals surface area (Å²) in [6.45, 7) is 7.53. The van der Waals surface area contributed by atoms with Crippen molar-refractivity contribution in [1.82, 2.24) is 24.6 Å². The molecule has 1 aliphatic rings. The van der Waals surface area contributed by atoms with Gasteiger partial charge in [-0.1, -0.05) is 11.6 Å². The largest absolute Gasteiger partial charge is 0.338 e. The number of aryl methyl sites for hydroxylation is 4. The molecule has 0 bridgehead atoms. The van der Waals surface area contributed by atoms with Gasteiger partial charge in [0.25, 0.3) is 5.91 Å². The zero-order chi connectivity index (χ0) is 19.1. The maximum absolute atomic E-state index is 13.4. The van der Waals surface area contributed by atoms with E-state index in [9.17, 15) is 4.79 Å². The van der Waals surface area contributed by atoms with Gasteiger partial charge in [0.1, 0.15) is 12.2 Å². The summed E-state index contributed by atoms with van der Waals surface area (Å²) < 4.78 is 1.96. The maximum atomic E-state index is 13.4. The highest BCUT2D eigenvalue weighted by Gasteiger charge is 2.29. The number of nitrogens with zero attached hydrogens (tertiary/aromatic N) is 5. The molecule has 4 rings (SSSR count). The van der Waals surface area contributed by atoms with Crippen molar-refractivity contribution in [2.75, 3.05) is 13.1 Å². The summed E-state index contributed by atoms with van der Waals surface area (Å²) >= 11 is 0. The summed E-state index contributed by atoms with van der Waals surface area (Å²) in [6, 6.07) is 6.12. The van der Waals surface area contributed by atoms with Gasteiger partial charge in [0.05, 0.1) is 11.1 Å². The van der Waals surface area contributed by atoms with Crippen LogP contribution in [0, 0.1) is 20.8 Å². The van der Waals surface area contributed by atoms with E-state index in [1.165, 1.54) is 0 Å². The molecule has 0 radical (unpaired) electrons. The number of carbonyl (C=O) groups excluding carboxylic acids is 1. The number of amides is 1. The second-order valence-electron chi connectivity index (χ2n) is 7.68. The van der Waals surface area contributed by atoms with Crippen molar-refractivity contribution < 1.29 is 4.79 Å². The van der Waals surface area contributed by atoms with Crippen molar-refractivity contribution >= 4 is 16.8 Å². The lowest BCUT2D eigenvalue weighted by atomic mass is 9.95. The van der Waals surface area contributed by atoms with Crippen LogP contribution in [0.2, 0.25) is 0 Å². The fraction of sp³-hybridized carbons (Fsp3) is 0.429. The van der Waals surface area contributed by atoms with E-state index in [1.54, 1.807) is 6.33 Å². The Bertz CT molecular complexity index is 1020. The van der Waals surface area contributed by atoms with E-state index < -0.39 is 0 Å². The lowest BCUT2D eigenvalue weighted by Gasteiger charge is -2.32. The molecule has 3 aromatic rings. The Morgan fingerprint density at radius 1 is 1.19 bits per heavy atom. The first-order chi connectivity index (χ1) is 12.9. The third kappa shape index (κ3) is 3.20. The van der Waals surface area contributed by atoms with Crippen molar-refractivity contribution in [1.29, 1.82) is 0 Å². The lowest BCUT2D eigenvalue weighted by Crippen LogP contribution is -2.39. The molecule has 1 aromatic carbocycles. The van der Waals surface area contributed by atoms with Gasteiger partial charge >= 0.3 is 0 Å². The zero-order valence-corrected chi connectivity index (χ0v) is 16.4. The highest BCUT2D eigenvalue weighted by atomic mass is 16.2. The third-order valence-electron chi connectivity index (χ3n) is 5.43. The molecule has 6 heteroatoms. The van der Waals surface area contributed by atoms with E-state index in [0.717, 1.165) is 58.5 Å². The summed E-state index contributed by atoms with van der Waals surface area (Å²) in [4.78, 5) is 20.1. The molecule has 3 heterocycles. The van der Waals surface area contributed by atoms with Gasteiger partial charge in [-0.3, -0.25) is 9.78 Å². The SMILES string of the molecule is Cc1cc(C)c2nc(C)cc(C(=O)N3CCC[C@@H](c4nncn4C)C3)c2c1. The van der Waals surface area contributed by atoms with Gasteiger partial charge in [-0.05, 0) is 51.3 Å². The van der Waals surface area contributed by atoms with Crippen LogP contribution in [0.1, 0.15) is 51.8 Å². The van der Waals surface area contributed by atoms with Crippen LogP contribution < -0.4 is 0 Å². The van der Waals surface area contributed by atoms with Gasteiger partial charge < -0.3 is 9.47 Å². The highest BCUT2D eigenvalue weighted by Crippen LogP contribution is 2.29. The van der Waals surface area contributed by atoms with Crippen LogP contribution in [0.3, 0.4) is 0 Å². The van der Waals surface area contributed by atoms with Gasteiger partial charge in [-0.15, -0.1) is 10.2 Å². The number of fused-ring (bicyclic) bond motifs is 1. The standard InChI is InChI=1S/C21H25N5O/c1-13-8-14(2)19-17(9-13)18(10-15(3)23-19)21(27)26-7-5-6-16(11-26)20-24-22-12-25(20)4/h8-10,12,16H,5-7,11H2,1-4H3/t16-/m1/s1. The fourth-order valence-corrected chi connectivity index (χ4v) is 4.19.